The van der Waals surface area contributed by atoms with E-state index < -0.39 is 22.3 Å². The lowest BCUT2D eigenvalue weighted by molar-refractivity contribution is 0.142. The number of H-pyrrole nitrogens is 1. The van der Waals surface area contributed by atoms with E-state index in [4.69, 9.17) is 5.26 Å². The summed E-state index contributed by atoms with van der Waals surface area (Å²) in [4.78, 5) is 14.9. The molecule has 3 N–H and O–H groups in total. The smallest absolute Gasteiger partial charge is 0.295 e. The highest BCUT2D eigenvalue weighted by molar-refractivity contribution is 7.92. The Morgan fingerprint density at radius 3 is 2.54 bits per heavy atom. The third-order valence-electron chi connectivity index (χ3n) is 5.09. The van der Waals surface area contributed by atoms with Gasteiger partial charge in [-0.25, -0.2) is 32.2 Å². The number of nitrogens with one attached hydrogen (secondary N) is 3. The van der Waals surface area contributed by atoms with E-state index in [0.717, 1.165) is 4.31 Å². The van der Waals surface area contributed by atoms with E-state index in [9.17, 15) is 17.2 Å². The number of pyridine rings is 2. The number of nitrogens with zero attached hydrogens (tertiary/aromatic N) is 5. The molecule has 3 aromatic heterocycles. The van der Waals surface area contributed by atoms with Crippen LogP contribution < -0.4 is 14.9 Å². The Bertz CT molecular complexity index is 1530. The molecule has 0 atom stereocenters. The van der Waals surface area contributed by atoms with E-state index in [1.54, 1.807) is 36.4 Å². The van der Waals surface area contributed by atoms with Crippen molar-refractivity contribution in [1.29, 1.82) is 5.26 Å². The third kappa shape index (κ3) is 4.97. The fourth-order valence-electron chi connectivity index (χ4n) is 3.31. The van der Waals surface area contributed by atoms with Gasteiger partial charge in [-0.2, -0.15) is 5.26 Å². The van der Waals surface area contributed by atoms with Gasteiger partial charge in [-0.3, -0.25) is 4.31 Å². The molecule has 10 nitrogen and oxygen atoms in total. The number of alkyl halides is 2. The molecule has 0 saturated carbocycles. The molecule has 35 heavy (non-hydrogen) atoms. The molecule has 1 aromatic carbocycles. The average Bonchev–Trinajstić information content (AvgIpc) is 3.29. The fourth-order valence-corrected chi connectivity index (χ4v) is 4.16. The molecule has 0 aliphatic carbocycles. The molecule has 4 rings (SSSR count). The second-order valence-electron chi connectivity index (χ2n) is 7.33. The largest absolute Gasteiger partial charge is 0.352 e. The van der Waals surface area contributed by atoms with Gasteiger partial charge in [0.1, 0.15) is 28.9 Å². The SMILES string of the molecule is CCS(=O)(=O)N(C)c1ccccc1Nc1cc(Nc2cccc(C#N)n2)nc2[nH]c(C(F)F)nc12. The summed E-state index contributed by atoms with van der Waals surface area (Å²) >= 11 is 0. The summed E-state index contributed by atoms with van der Waals surface area (Å²) in [6.07, 6.45) is -2.85. The highest BCUT2D eigenvalue weighted by Gasteiger charge is 2.21. The summed E-state index contributed by atoms with van der Waals surface area (Å²) in [7, 11) is -2.12. The minimum Gasteiger partial charge on any atom is -0.352 e. The van der Waals surface area contributed by atoms with Crippen molar-refractivity contribution < 1.29 is 17.2 Å². The topological polar surface area (TPSA) is 140 Å². The predicted octanol–water partition coefficient (Wildman–Crippen LogP) is 4.44. The van der Waals surface area contributed by atoms with E-state index in [1.165, 1.54) is 26.1 Å². The van der Waals surface area contributed by atoms with Gasteiger partial charge in [0, 0.05) is 13.1 Å². The van der Waals surface area contributed by atoms with Gasteiger partial charge in [0.25, 0.3) is 6.43 Å². The van der Waals surface area contributed by atoms with E-state index in [1.807, 2.05) is 6.07 Å². The van der Waals surface area contributed by atoms with Gasteiger partial charge < -0.3 is 15.6 Å². The van der Waals surface area contributed by atoms with Crippen molar-refractivity contribution in [1.82, 2.24) is 19.9 Å². The van der Waals surface area contributed by atoms with Crippen molar-refractivity contribution in [2.45, 2.75) is 13.3 Å². The number of aromatic amines is 1. The molecule has 0 radical (unpaired) electrons. The molecule has 0 saturated heterocycles. The highest BCUT2D eigenvalue weighted by atomic mass is 32.2. The van der Waals surface area contributed by atoms with Crippen LogP contribution in [0.2, 0.25) is 0 Å². The van der Waals surface area contributed by atoms with Gasteiger partial charge in [0.05, 0.1) is 22.8 Å². The number of nitriles is 1. The molecule has 0 spiro atoms. The zero-order chi connectivity index (χ0) is 25.2. The first-order valence-electron chi connectivity index (χ1n) is 10.4. The van der Waals surface area contributed by atoms with Gasteiger partial charge in [0.15, 0.2) is 11.5 Å². The second-order valence-corrected chi connectivity index (χ2v) is 9.62. The van der Waals surface area contributed by atoms with Crippen molar-refractivity contribution in [3.8, 4) is 6.07 Å². The van der Waals surface area contributed by atoms with Gasteiger partial charge in [-0.15, -0.1) is 0 Å². The number of aromatic nitrogens is 4. The number of anilines is 5. The van der Waals surface area contributed by atoms with Crippen LogP contribution >= 0.6 is 0 Å². The summed E-state index contributed by atoms with van der Waals surface area (Å²) in [6.45, 7) is 1.54. The van der Waals surface area contributed by atoms with Crippen LogP contribution in [0.4, 0.5) is 37.5 Å². The zero-order valence-electron chi connectivity index (χ0n) is 18.6. The van der Waals surface area contributed by atoms with Crippen LogP contribution in [0.25, 0.3) is 11.2 Å². The lowest BCUT2D eigenvalue weighted by atomic mass is 10.2. The van der Waals surface area contributed by atoms with Gasteiger partial charge >= 0.3 is 0 Å². The molecular weight excluding hydrogens is 478 g/mol. The Balaban J connectivity index is 1.80. The van der Waals surface area contributed by atoms with Crippen LogP contribution in [-0.4, -0.2) is 41.2 Å². The Labute approximate surface area is 199 Å². The lowest BCUT2D eigenvalue weighted by Gasteiger charge is -2.22. The second kappa shape index (κ2) is 9.51. The normalized spacial score (nSPS) is 11.4. The van der Waals surface area contributed by atoms with Crippen LogP contribution in [0.15, 0.2) is 48.5 Å². The van der Waals surface area contributed by atoms with Gasteiger partial charge in [0.2, 0.25) is 10.0 Å². The van der Waals surface area contributed by atoms with E-state index in [2.05, 4.69) is 30.6 Å². The maximum absolute atomic E-state index is 13.4. The summed E-state index contributed by atoms with van der Waals surface area (Å²) in [5.74, 6) is -0.1000. The number of imidazole rings is 1. The number of hydrogen-bond acceptors (Lipinski definition) is 8. The van der Waals surface area contributed by atoms with Crippen molar-refractivity contribution in [2.75, 3.05) is 27.7 Å². The minimum atomic E-state index is -3.56. The number of sulfonamides is 1. The van der Waals surface area contributed by atoms with Crippen molar-refractivity contribution in [3.63, 3.8) is 0 Å². The first-order chi connectivity index (χ1) is 16.7. The highest BCUT2D eigenvalue weighted by Crippen LogP contribution is 2.34. The maximum atomic E-state index is 13.4. The molecule has 4 aromatic rings. The molecule has 0 aliphatic rings. The first kappa shape index (κ1) is 23.8. The van der Waals surface area contributed by atoms with Crippen molar-refractivity contribution in [2.24, 2.45) is 0 Å². The molecule has 0 bridgehead atoms. The molecule has 0 unspecified atom stereocenters. The zero-order valence-corrected chi connectivity index (χ0v) is 19.4. The third-order valence-corrected chi connectivity index (χ3v) is 6.85. The quantitative estimate of drug-likeness (QED) is 0.324. The standard InChI is InChI=1S/C22H20F2N8O2S/c1-3-35(33,34)32(2)16-9-5-4-8-14(16)27-15-11-18(28-17-10-6-7-13(12-25)26-17)29-21-19(15)30-22(31-21)20(23)24/h4-11,20H,3H2,1-2H3,(H3,26,27,28,29,30,31). The summed E-state index contributed by atoms with van der Waals surface area (Å²) < 4.78 is 52.8. The molecular formula is C22H20F2N8O2S. The molecule has 0 aliphatic heterocycles. The van der Waals surface area contributed by atoms with Crippen LogP contribution in [0.3, 0.4) is 0 Å². The Hall–Kier alpha value is -4.31. The monoisotopic (exact) mass is 498 g/mol. The van der Waals surface area contributed by atoms with E-state index in [-0.39, 0.29) is 28.4 Å². The molecule has 3 heterocycles. The predicted molar refractivity (Wildman–Crippen MR) is 129 cm³/mol. The van der Waals surface area contributed by atoms with E-state index in [0.29, 0.717) is 22.9 Å². The van der Waals surface area contributed by atoms with Gasteiger partial charge in [-0.1, -0.05) is 18.2 Å². The fraction of sp³-hybridized carbons (Fsp3) is 0.182. The van der Waals surface area contributed by atoms with Crippen molar-refractivity contribution >= 4 is 49.9 Å². The number of hydrogen-bond donors (Lipinski definition) is 3. The van der Waals surface area contributed by atoms with E-state index >= 15 is 0 Å². The number of para-hydroxylation sites is 2. The molecule has 13 heteroatoms. The first-order valence-corrected chi connectivity index (χ1v) is 12.0. The Morgan fingerprint density at radius 1 is 1.06 bits per heavy atom. The summed E-state index contributed by atoms with van der Waals surface area (Å²) in [5, 5.41) is 15.1. The Morgan fingerprint density at radius 2 is 1.83 bits per heavy atom. The molecule has 180 valence electrons. The van der Waals surface area contributed by atoms with Crippen LogP contribution in [0.5, 0.6) is 0 Å². The number of fused-ring (bicyclic) bond motifs is 1. The van der Waals surface area contributed by atoms with Crippen LogP contribution in [0, 0.1) is 11.3 Å². The summed E-state index contributed by atoms with van der Waals surface area (Å²) in [6, 6.07) is 15.0. The maximum Gasteiger partial charge on any atom is 0.295 e. The molecule has 0 amide bonds. The van der Waals surface area contributed by atoms with Crippen LogP contribution in [-0.2, 0) is 10.0 Å². The lowest BCUT2D eigenvalue weighted by Crippen LogP contribution is -2.28. The van der Waals surface area contributed by atoms with Crippen molar-refractivity contribution in [3.05, 3.63) is 60.0 Å². The number of benzene rings is 1. The van der Waals surface area contributed by atoms with Crippen LogP contribution in [0.1, 0.15) is 24.9 Å². The minimum absolute atomic E-state index is 0.0799. The number of rotatable bonds is 8. The Kier molecular flexibility index (Phi) is 6.48. The number of halogens is 2. The summed E-state index contributed by atoms with van der Waals surface area (Å²) in [5.41, 5.74) is 1.48. The molecule has 0 fully saturated rings. The average molecular weight is 499 g/mol. The van der Waals surface area contributed by atoms with Gasteiger partial charge in [-0.05, 0) is 31.2 Å².